The SMILES string of the molecule is CCN(CC(=O)OC)C(=O)C1CNC(=O)C1. The fourth-order valence-electron chi connectivity index (χ4n) is 1.60. The summed E-state index contributed by atoms with van der Waals surface area (Å²) in [7, 11) is 1.28. The van der Waals surface area contributed by atoms with Gasteiger partial charge in [-0.1, -0.05) is 0 Å². The minimum atomic E-state index is -0.451. The van der Waals surface area contributed by atoms with Crippen molar-refractivity contribution in [2.24, 2.45) is 5.92 Å². The summed E-state index contributed by atoms with van der Waals surface area (Å²) in [4.78, 5) is 35.3. The van der Waals surface area contributed by atoms with Crippen molar-refractivity contribution < 1.29 is 19.1 Å². The molecule has 0 bridgehead atoms. The Hall–Kier alpha value is -1.59. The normalized spacial score (nSPS) is 19.1. The predicted octanol–water partition coefficient (Wildman–Crippen LogP) is -0.856. The molecule has 16 heavy (non-hydrogen) atoms. The smallest absolute Gasteiger partial charge is 0.325 e. The Balaban J connectivity index is 2.55. The lowest BCUT2D eigenvalue weighted by molar-refractivity contribution is -0.148. The molecule has 0 radical (unpaired) electrons. The molecular formula is C10H16N2O4. The molecule has 0 spiro atoms. The Kier molecular flexibility index (Phi) is 4.28. The van der Waals surface area contributed by atoms with Crippen LogP contribution >= 0.6 is 0 Å². The summed E-state index contributed by atoms with van der Waals surface area (Å²) in [6.45, 7) is 2.51. The van der Waals surface area contributed by atoms with Crippen molar-refractivity contribution in [3.8, 4) is 0 Å². The van der Waals surface area contributed by atoms with Gasteiger partial charge in [0.2, 0.25) is 11.8 Å². The lowest BCUT2D eigenvalue weighted by atomic mass is 10.1. The van der Waals surface area contributed by atoms with Crippen LogP contribution in [0.15, 0.2) is 0 Å². The van der Waals surface area contributed by atoms with E-state index in [1.54, 1.807) is 6.92 Å². The fraction of sp³-hybridized carbons (Fsp3) is 0.700. The number of nitrogens with zero attached hydrogens (tertiary/aromatic N) is 1. The molecule has 1 aliphatic rings. The second-order valence-corrected chi connectivity index (χ2v) is 3.63. The summed E-state index contributed by atoms with van der Waals surface area (Å²) >= 11 is 0. The highest BCUT2D eigenvalue weighted by atomic mass is 16.5. The topological polar surface area (TPSA) is 75.7 Å². The van der Waals surface area contributed by atoms with Gasteiger partial charge < -0.3 is 15.0 Å². The molecule has 0 saturated carbocycles. The molecule has 1 N–H and O–H groups in total. The Bertz CT molecular complexity index is 303. The number of methoxy groups -OCH3 is 1. The monoisotopic (exact) mass is 228 g/mol. The van der Waals surface area contributed by atoms with E-state index in [-0.39, 0.29) is 30.7 Å². The van der Waals surface area contributed by atoms with Crippen LogP contribution in [-0.4, -0.2) is 49.4 Å². The van der Waals surface area contributed by atoms with Crippen molar-refractivity contribution in [2.75, 3.05) is 26.7 Å². The van der Waals surface area contributed by atoms with Gasteiger partial charge in [0.15, 0.2) is 0 Å². The van der Waals surface area contributed by atoms with Crippen LogP contribution in [0.25, 0.3) is 0 Å². The number of esters is 1. The van der Waals surface area contributed by atoms with E-state index in [4.69, 9.17) is 0 Å². The van der Waals surface area contributed by atoms with Crippen molar-refractivity contribution in [2.45, 2.75) is 13.3 Å². The third-order valence-corrected chi connectivity index (χ3v) is 2.57. The second kappa shape index (κ2) is 5.48. The zero-order valence-electron chi connectivity index (χ0n) is 9.49. The van der Waals surface area contributed by atoms with E-state index >= 15 is 0 Å². The number of carbonyl (C=O) groups excluding carboxylic acids is 3. The first-order chi connectivity index (χ1) is 7.58. The Labute approximate surface area is 93.9 Å². The lowest BCUT2D eigenvalue weighted by Crippen LogP contribution is -2.40. The van der Waals surface area contributed by atoms with E-state index < -0.39 is 5.97 Å². The van der Waals surface area contributed by atoms with Crippen molar-refractivity contribution in [1.29, 1.82) is 0 Å². The van der Waals surface area contributed by atoms with E-state index in [0.29, 0.717) is 13.1 Å². The Morgan fingerprint density at radius 3 is 2.69 bits per heavy atom. The van der Waals surface area contributed by atoms with Gasteiger partial charge in [-0.05, 0) is 6.92 Å². The lowest BCUT2D eigenvalue weighted by Gasteiger charge is -2.22. The Morgan fingerprint density at radius 1 is 1.56 bits per heavy atom. The molecule has 0 aromatic rings. The van der Waals surface area contributed by atoms with Gasteiger partial charge in [-0.2, -0.15) is 0 Å². The van der Waals surface area contributed by atoms with Gasteiger partial charge in [-0.25, -0.2) is 0 Å². The number of likely N-dealkylation sites (N-methyl/N-ethyl adjacent to an activating group) is 1. The first kappa shape index (κ1) is 12.5. The molecule has 1 rings (SSSR count). The molecule has 90 valence electrons. The van der Waals surface area contributed by atoms with Gasteiger partial charge in [-0.3, -0.25) is 14.4 Å². The minimum absolute atomic E-state index is 0.0590. The van der Waals surface area contributed by atoms with Crippen LogP contribution in [0.4, 0.5) is 0 Å². The van der Waals surface area contributed by atoms with E-state index in [9.17, 15) is 14.4 Å². The molecule has 1 unspecified atom stereocenters. The van der Waals surface area contributed by atoms with Gasteiger partial charge in [0, 0.05) is 19.5 Å². The first-order valence-electron chi connectivity index (χ1n) is 5.20. The molecule has 6 heteroatoms. The number of ether oxygens (including phenoxy) is 1. The number of hydrogen-bond donors (Lipinski definition) is 1. The maximum atomic E-state index is 11.9. The quantitative estimate of drug-likeness (QED) is 0.635. The van der Waals surface area contributed by atoms with E-state index in [0.717, 1.165) is 0 Å². The van der Waals surface area contributed by atoms with Crippen LogP contribution in [-0.2, 0) is 19.1 Å². The van der Waals surface area contributed by atoms with Crippen molar-refractivity contribution in [3.05, 3.63) is 0 Å². The van der Waals surface area contributed by atoms with Crippen molar-refractivity contribution in [1.82, 2.24) is 10.2 Å². The van der Waals surface area contributed by atoms with Crippen LogP contribution in [0.3, 0.4) is 0 Å². The van der Waals surface area contributed by atoms with Gasteiger partial charge >= 0.3 is 5.97 Å². The summed E-state index contributed by atoms with van der Waals surface area (Å²) in [5, 5.41) is 2.59. The van der Waals surface area contributed by atoms with Gasteiger partial charge in [0.1, 0.15) is 6.54 Å². The standard InChI is InChI=1S/C10H16N2O4/c1-3-12(6-9(14)16-2)10(15)7-4-8(13)11-5-7/h7H,3-6H2,1-2H3,(H,11,13). The number of carbonyl (C=O) groups is 3. The molecule has 1 heterocycles. The summed E-state index contributed by atoms with van der Waals surface area (Å²) in [6, 6.07) is 0. The molecule has 0 aromatic heterocycles. The average molecular weight is 228 g/mol. The highest BCUT2D eigenvalue weighted by Crippen LogP contribution is 2.12. The molecule has 1 atom stereocenters. The summed E-state index contributed by atoms with van der Waals surface area (Å²) in [5.41, 5.74) is 0. The summed E-state index contributed by atoms with van der Waals surface area (Å²) in [5.74, 6) is -1.09. The first-order valence-corrected chi connectivity index (χ1v) is 5.20. The largest absolute Gasteiger partial charge is 0.468 e. The number of rotatable bonds is 4. The van der Waals surface area contributed by atoms with E-state index in [1.807, 2.05) is 0 Å². The van der Waals surface area contributed by atoms with Crippen LogP contribution in [0.1, 0.15) is 13.3 Å². The molecule has 1 fully saturated rings. The number of nitrogens with one attached hydrogen (secondary N) is 1. The van der Waals surface area contributed by atoms with Crippen molar-refractivity contribution >= 4 is 17.8 Å². The van der Waals surface area contributed by atoms with Crippen molar-refractivity contribution in [3.63, 3.8) is 0 Å². The van der Waals surface area contributed by atoms with E-state index in [2.05, 4.69) is 10.1 Å². The number of amides is 2. The van der Waals surface area contributed by atoms with Gasteiger partial charge in [0.05, 0.1) is 13.0 Å². The molecule has 1 saturated heterocycles. The molecule has 2 amide bonds. The third-order valence-electron chi connectivity index (χ3n) is 2.57. The maximum Gasteiger partial charge on any atom is 0.325 e. The van der Waals surface area contributed by atoms with Crippen LogP contribution < -0.4 is 5.32 Å². The highest BCUT2D eigenvalue weighted by Gasteiger charge is 2.31. The van der Waals surface area contributed by atoms with E-state index in [1.165, 1.54) is 12.0 Å². The molecular weight excluding hydrogens is 212 g/mol. The minimum Gasteiger partial charge on any atom is -0.468 e. The maximum absolute atomic E-state index is 11.9. The number of hydrogen-bond acceptors (Lipinski definition) is 4. The Morgan fingerprint density at radius 2 is 2.25 bits per heavy atom. The molecule has 0 aromatic carbocycles. The predicted molar refractivity (Wildman–Crippen MR) is 55.4 cm³/mol. The van der Waals surface area contributed by atoms with Gasteiger partial charge in [-0.15, -0.1) is 0 Å². The summed E-state index contributed by atoms with van der Waals surface area (Å²) in [6.07, 6.45) is 0.205. The van der Waals surface area contributed by atoms with Crippen LogP contribution in [0, 0.1) is 5.92 Å². The zero-order chi connectivity index (χ0) is 12.1. The van der Waals surface area contributed by atoms with Crippen LogP contribution in [0.5, 0.6) is 0 Å². The summed E-state index contributed by atoms with van der Waals surface area (Å²) < 4.78 is 4.50. The zero-order valence-corrected chi connectivity index (χ0v) is 9.49. The molecule has 1 aliphatic heterocycles. The molecule has 0 aliphatic carbocycles. The van der Waals surface area contributed by atoms with Crippen LogP contribution in [0.2, 0.25) is 0 Å². The molecule has 6 nitrogen and oxygen atoms in total. The average Bonchev–Trinajstić information content (AvgIpc) is 2.71. The highest BCUT2D eigenvalue weighted by molar-refractivity contribution is 5.90. The fourth-order valence-corrected chi connectivity index (χ4v) is 1.60. The second-order valence-electron chi connectivity index (χ2n) is 3.63. The third kappa shape index (κ3) is 2.95. The van der Waals surface area contributed by atoms with Gasteiger partial charge in [0.25, 0.3) is 0 Å².